The molecule has 1 aliphatic heterocycles. The van der Waals surface area contributed by atoms with Gasteiger partial charge in [-0.05, 0) is 37.6 Å². The minimum Gasteiger partial charge on any atom is -0.496 e. The highest BCUT2D eigenvalue weighted by Gasteiger charge is 2.27. The fourth-order valence-electron chi connectivity index (χ4n) is 4.26. The Morgan fingerprint density at radius 1 is 0.972 bits per heavy atom. The molecule has 0 unspecified atom stereocenters. The van der Waals surface area contributed by atoms with E-state index in [4.69, 9.17) is 15.2 Å². The molecule has 2 aromatic heterocycles. The van der Waals surface area contributed by atoms with E-state index in [0.29, 0.717) is 62.0 Å². The molecule has 188 valence electrons. The van der Waals surface area contributed by atoms with Crippen molar-refractivity contribution in [3.8, 4) is 28.1 Å². The first-order valence-electron chi connectivity index (χ1n) is 11.9. The number of benzene rings is 1. The zero-order chi connectivity index (χ0) is 25.7. The number of pyridine rings is 1. The Kier molecular flexibility index (Phi) is 7.62. The number of aryl methyl sites for hydroxylation is 1. The molecule has 3 aromatic rings. The van der Waals surface area contributed by atoms with Crippen LogP contribution in [0.3, 0.4) is 0 Å². The summed E-state index contributed by atoms with van der Waals surface area (Å²) in [5.74, 6) is 0.730. The highest BCUT2D eigenvalue weighted by atomic mass is 16.6. The molecule has 1 aliphatic rings. The van der Waals surface area contributed by atoms with E-state index in [2.05, 4.69) is 15.0 Å². The van der Waals surface area contributed by atoms with Crippen LogP contribution < -0.4 is 10.5 Å². The number of piperazine rings is 1. The molecule has 0 bridgehead atoms. The minimum atomic E-state index is -0.352. The van der Waals surface area contributed by atoms with Crippen molar-refractivity contribution in [1.82, 2.24) is 24.8 Å². The lowest BCUT2D eigenvalue weighted by molar-refractivity contribution is 0.0568. The average molecular weight is 491 g/mol. The second-order valence-corrected chi connectivity index (χ2v) is 8.26. The number of carbonyl (C=O) groups is 2. The van der Waals surface area contributed by atoms with E-state index in [1.165, 1.54) is 13.4 Å². The monoisotopic (exact) mass is 490 g/mol. The van der Waals surface area contributed by atoms with Crippen LogP contribution in [-0.4, -0.2) is 76.6 Å². The molecule has 1 aromatic carbocycles. The predicted molar refractivity (Wildman–Crippen MR) is 136 cm³/mol. The van der Waals surface area contributed by atoms with E-state index >= 15 is 0 Å². The molecule has 2 N–H and O–H groups in total. The normalized spacial score (nSPS) is 13.4. The average Bonchev–Trinajstić information content (AvgIpc) is 2.92. The van der Waals surface area contributed by atoms with Gasteiger partial charge in [0.25, 0.3) is 5.91 Å². The molecule has 0 aliphatic carbocycles. The molecule has 4 rings (SSSR count). The molecule has 0 spiro atoms. The van der Waals surface area contributed by atoms with Crippen molar-refractivity contribution in [2.24, 2.45) is 0 Å². The third kappa shape index (κ3) is 5.07. The largest absolute Gasteiger partial charge is 0.496 e. The van der Waals surface area contributed by atoms with Gasteiger partial charge in [0.15, 0.2) is 0 Å². The van der Waals surface area contributed by atoms with Crippen LogP contribution in [0.2, 0.25) is 0 Å². The Balaban J connectivity index is 1.63. The Hall–Kier alpha value is -4.21. The number of hydrogen-bond acceptors (Lipinski definition) is 8. The molecule has 3 heterocycles. The second-order valence-electron chi connectivity index (χ2n) is 8.26. The van der Waals surface area contributed by atoms with Gasteiger partial charge in [-0.15, -0.1) is 0 Å². The minimum absolute atomic E-state index is 0.151. The van der Waals surface area contributed by atoms with E-state index in [1.54, 1.807) is 35.1 Å². The number of nitrogens with two attached hydrogens (primary N) is 1. The summed E-state index contributed by atoms with van der Waals surface area (Å²) in [5.41, 5.74) is 10.3. The summed E-state index contributed by atoms with van der Waals surface area (Å²) >= 11 is 0. The molecular weight excluding hydrogens is 460 g/mol. The molecule has 1 fully saturated rings. The molecule has 1 saturated heterocycles. The topological polar surface area (TPSA) is 124 Å². The molecule has 10 nitrogen and oxygen atoms in total. The van der Waals surface area contributed by atoms with E-state index in [1.807, 2.05) is 25.1 Å². The van der Waals surface area contributed by atoms with Gasteiger partial charge in [0.2, 0.25) is 0 Å². The summed E-state index contributed by atoms with van der Waals surface area (Å²) in [6.45, 7) is 5.81. The third-order valence-electron chi connectivity index (χ3n) is 6.13. The number of anilines is 1. The Morgan fingerprint density at radius 2 is 1.69 bits per heavy atom. The van der Waals surface area contributed by atoms with Crippen molar-refractivity contribution >= 4 is 17.8 Å². The predicted octanol–water partition coefficient (Wildman–Crippen LogP) is 3.27. The van der Waals surface area contributed by atoms with Gasteiger partial charge in [-0.1, -0.05) is 13.0 Å². The summed E-state index contributed by atoms with van der Waals surface area (Å²) in [6.07, 6.45) is 3.61. The zero-order valence-corrected chi connectivity index (χ0v) is 20.7. The number of ether oxygens (including phenoxy) is 2. The molecule has 10 heteroatoms. The van der Waals surface area contributed by atoms with Gasteiger partial charge in [0.1, 0.15) is 17.9 Å². The van der Waals surface area contributed by atoms with Crippen LogP contribution in [0, 0.1) is 0 Å². The molecule has 0 saturated carbocycles. The Morgan fingerprint density at radius 3 is 2.33 bits per heavy atom. The van der Waals surface area contributed by atoms with Gasteiger partial charge in [0.05, 0.1) is 30.7 Å². The first-order chi connectivity index (χ1) is 17.5. The SMILES string of the molecule is CCOC(=O)N1CCN(C(=O)c2ccc(-c3ncnc(CC)c3-c3ccc(N)nc3)cc2OC)CC1. The Bertz CT molecular complexity index is 1240. The lowest BCUT2D eigenvalue weighted by Gasteiger charge is -2.34. The number of amides is 2. The van der Waals surface area contributed by atoms with Crippen LogP contribution >= 0.6 is 0 Å². The number of nitrogen functional groups attached to an aromatic ring is 1. The van der Waals surface area contributed by atoms with Crippen LogP contribution in [0.25, 0.3) is 22.4 Å². The van der Waals surface area contributed by atoms with Gasteiger partial charge < -0.3 is 25.0 Å². The van der Waals surface area contributed by atoms with E-state index in [0.717, 1.165) is 22.4 Å². The van der Waals surface area contributed by atoms with Crippen molar-refractivity contribution in [2.45, 2.75) is 20.3 Å². The maximum Gasteiger partial charge on any atom is 0.409 e. The maximum atomic E-state index is 13.3. The van der Waals surface area contributed by atoms with Crippen LogP contribution in [-0.2, 0) is 11.2 Å². The zero-order valence-electron chi connectivity index (χ0n) is 20.7. The van der Waals surface area contributed by atoms with Crippen LogP contribution in [0.1, 0.15) is 29.9 Å². The third-order valence-corrected chi connectivity index (χ3v) is 6.13. The fourth-order valence-corrected chi connectivity index (χ4v) is 4.26. The van der Waals surface area contributed by atoms with Crippen molar-refractivity contribution in [3.05, 3.63) is 54.1 Å². The molecule has 0 radical (unpaired) electrons. The van der Waals surface area contributed by atoms with Crippen molar-refractivity contribution in [1.29, 1.82) is 0 Å². The highest BCUT2D eigenvalue weighted by molar-refractivity contribution is 5.98. The number of methoxy groups -OCH3 is 1. The standard InChI is InChI=1S/C26H30N6O4/c1-4-20-23(18-7-9-22(27)28-15-18)24(30-16-29-20)17-6-8-19(21(14-17)35-3)25(33)31-10-12-32(13-11-31)26(34)36-5-2/h6-9,14-16H,4-5,10-13H2,1-3H3,(H2,27,28). The summed E-state index contributed by atoms with van der Waals surface area (Å²) < 4.78 is 10.7. The number of nitrogens with zero attached hydrogens (tertiary/aromatic N) is 5. The van der Waals surface area contributed by atoms with Crippen LogP contribution in [0.4, 0.5) is 10.6 Å². The van der Waals surface area contributed by atoms with Gasteiger partial charge in [0, 0.05) is 49.1 Å². The first-order valence-corrected chi connectivity index (χ1v) is 11.9. The molecule has 36 heavy (non-hydrogen) atoms. The summed E-state index contributed by atoms with van der Waals surface area (Å²) in [6, 6.07) is 9.08. The summed E-state index contributed by atoms with van der Waals surface area (Å²) in [7, 11) is 1.54. The van der Waals surface area contributed by atoms with Crippen molar-refractivity contribution < 1.29 is 19.1 Å². The number of hydrogen-bond donors (Lipinski definition) is 1. The molecule has 2 amide bonds. The first kappa shape index (κ1) is 24.9. The van der Waals surface area contributed by atoms with Gasteiger partial charge in [-0.2, -0.15) is 0 Å². The summed E-state index contributed by atoms with van der Waals surface area (Å²) in [5, 5.41) is 0. The van der Waals surface area contributed by atoms with Crippen molar-refractivity contribution in [2.75, 3.05) is 45.6 Å². The lowest BCUT2D eigenvalue weighted by atomic mass is 9.96. The van der Waals surface area contributed by atoms with Gasteiger partial charge >= 0.3 is 6.09 Å². The number of rotatable bonds is 6. The smallest absolute Gasteiger partial charge is 0.409 e. The lowest BCUT2D eigenvalue weighted by Crippen LogP contribution is -2.50. The highest BCUT2D eigenvalue weighted by Crippen LogP contribution is 2.35. The van der Waals surface area contributed by atoms with E-state index in [9.17, 15) is 9.59 Å². The maximum absolute atomic E-state index is 13.3. The van der Waals surface area contributed by atoms with Gasteiger partial charge in [-0.25, -0.2) is 19.7 Å². The van der Waals surface area contributed by atoms with Crippen LogP contribution in [0.5, 0.6) is 5.75 Å². The quantitative estimate of drug-likeness (QED) is 0.558. The van der Waals surface area contributed by atoms with E-state index < -0.39 is 0 Å². The van der Waals surface area contributed by atoms with Crippen LogP contribution in [0.15, 0.2) is 42.9 Å². The van der Waals surface area contributed by atoms with Gasteiger partial charge in [-0.3, -0.25) is 4.79 Å². The fraction of sp³-hybridized carbons (Fsp3) is 0.346. The van der Waals surface area contributed by atoms with Crippen molar-refractivity contribution in [3.63, 3.8) is 0 Å². The van der Waals surface area contributed by atoms with E-state index in [-0.39, 0.29) is 12.0 Å². The number of aromatic nitrogens is 3. The second kappa shape index (κ2) is 11.0. The molecular formula is C26H30N6O4. The number of carbonyl (C=O) groups excluding carboxylic acids is 2. The summed E-state index contributed by atoms with van der Waals surface area (Å²) in [4.78, 5) is 41.9. The Labute approximate surface area is 210 Å². The molecule has 0 atom stereocenters.